The fourth-order valence-electron chi connectivity index (χ4n) is 0.788. The van der Waals surface area contributed by atoms with Gasteiger partial charge in [-0.2, -0.15) is 0 Å². The summed E-state index contributed by atoms with van der Waals surface area (Å²) >= 11 is 3.44. The number of thiol groups is 1. The first-order chi connectivity index (χ1) is 6.15. The van der Waals surface area contributed by atoms with Crippen LogP contribution in [0, 0.1) is 0 Å². The van der Waals surface area contributed by atoms with Crippen LogP contribution in [0.1, 0.15) is 0 Å². The van der Waals surface area contributed by atoms with Gasteiger partial charge in [-0.05, 0) is 12.9 Å². The van der Waals surface area contributed by atoms with Gasteiger partial charge in [0.1, 0.15) is 0 Å². The maximum atomic E-state index is 11.0. The Hall–Kier alpha value is -1.28. The summed E-state index contributed by atoms with van der Waals surface area (Å²) in [7, 11) is 0. The van der Waals surface area contributed by atoms with Crippen LogP contribution in [0.3, 0.4) is 0 Å². The maximum Gasteiger partial charge on any atom is 0.333 e. The largest absolute Gasteiger partial charge is 0.333 e. The molecule has 0 unspecified atom stereocenters. The monoisotopic (exact) mass is 205 g/mol. The minimum absolute atomic E-state index is 0.0362. The molecule has 0 aliphatic heterocycles. The van der Waals surface area contributed by atoms with E-state index >= 15 is 0 Å². The third kappa shape index (κ3) is 2.33. The maximum absolute atomic E-state index is 11.0. The summed E-state index contributed by atoms with van der Waals surface area (Å²) in [6, 6.07) is 0. The van der Waals surface area contributed by atoms with Crippen LogP contribution in [-0.4, -0.2) is 21.1 Å². The van der Waals surface area contributed by atoms with Gasteiger partial charge in [-0.3, -0.25) is 9.97 Å². The molecule has 0 radical (unpaired) electrons. The Labute approximate surface area is 77.0 Å². The molecule has 2 N–H and O–H groups in total. The van der Waals surface area contributed by atoms with E-state index in [4.69, 9.17) is 0 Å². The fourth-order valence-corrected chi connectivity index (χ4v) is 0.870. The second-order valence-electron chi connectivity index (χ2n) is 2.17. The highest BCUT2D eigenvalue weighted by atomic mass is 32.1. The molecule has 1 aromatic heterocycles. The van der Waals surface area contributed by atoms with E-state index in [0.717, 1.165) is 4.57 Å². The molecule has 0 fully saturated rings. The van der Waals surface area contributed by atoms with E-state index in [0.29, 0.717) is 0 Å². The van der Waals surface area contributed by atoms with Crippen molar-refractivity contribution >= 4 is 12.9 Å². The minimum atomic E-state index is -0.821. The van der Waals surface area contributed by atoms with Crippen molar-refractivity contribution in [3.8, 4) is 0 Å². The van der Waals surface area contributed by atoms with Gasteiger partial charge in [0.05, 0.1) is 13.2 Å². The Morgan fingerprint density at radius 1 is 1.23 bits per heavy atom. The number of hydrogen-bond acceptors (Lipinski definition) is 5. The molecular weight excluding hydrogens is 198 g/mol. The third-order valence-corrected chi connectivity index (χ3v) is 1.52. The van der Waals surface area contributed by atoms with Crippen LogP contribution in [0.4, 0.5) is 0 Å². The molecule has 1 heterocycles. The van der Waals surface area contributed by atoms with E-state index in [1.54, 1.807) is 0 Å². The summed E-state index contributed by atoms with van der Waals surface area (Å²) in [5.74, 6) is 0. The van der Waals surface area contributed by atoms with Gasteiger partial charge in [0, 0.05) is 0 Å². The van der Waals surface area contributed by atoms with Crippen LogP contribution in [0.2, 0.25) is 0 Å². The number of nitrogens with zero attached hydrogens (tertiary/aromatic N) is 1. The van der Waals surface area contributed by atoms with Crippen molar-refractivity contribution < 1.29 is 4.18 Å². The highest BCUT2D eigenvalue weighted by Gasteiger charge is 2.01. The molecule has 1 aromatic rings. The molecule has 1 rings (SSSR count). The molecule has 72 valence electrons. The van der Waals surface area contributed by atoms with Crippen molar-refractivity contribution in [2.75, 3.05) is 6.61 Å². The van der Waals surface area contributed by atoms with Gasteiger partial charge in [0.15, 0.2) is 0 Å². The molecule has 0 atom stereocenters. The Kier molecular flexibility index (Phi) is 3.09. The van der Waals surface area contributed by atoms with Crippen molar-refractivity contribution in [3.63, 3.8) is 0 Å². The molecule has 7 nitrogen and oxygen atoms in total. The zero-order chi connectivity index (χ0) is 9.84. The first-order valence-electron chi connectivity index (χ1n) is 3.35. The van der Waals surface area contributed by atoms with Gasteiger partial charge in [0.2, 0.25) is 0 Å². The minimum Gasteiger partial charge on any atom is -0.317 e. The first-order valence-corrected chi connectivity index (χ1v) is 3.71. The predicted molar refractivity (Wildman–Crippen MR) is 46.9 cm³/mol. The average Bonchev–Trinajstić information content (AvgIpc) is 2.02. The van der Waals surface area contributed by atoms with E-state index in [-0.39, 0.29) is 13.2 Å². The van der Waals surface area contributed by atoms with Crippen LogP contribution in [0.5, 0.6) is 0 Å². The highest BCUT2D eigenvalue weighted by molar-refractivity contribution is 7.75. The van der Waals surface area contributed by atoms with Crippen LogP contribution < -0.4 is 17.1 Å². The van der Waals surface area contributed by atoms with Gasteiger partial charge in [-0.1, -0.05) is 0 Å². The van der Waals surface area contributed by atoms with Gasteiger partial charge in [0.25, 0.3) is 0 Å². The second-order valence-corrected chi connectivity index (χ2v) is 2.43. The normalized spacial score (nSPS) is 10.2. The molecule has 0 aromatic carbocycles. The molecular formula is C5H7N3O4S. The molecule has 8 heteroatoms. The number of rotatable bonds is 3. The topological polar surface area (TPSA) is 96.9 Å². The van der Waals surface area contributed by atoms with Crippen LogP contribution >= 0.6 is 12.9 Å². The summed E-state index contributed by atoms with van der Waals surface area (Å²) in [4.78, 5) is 36.3. The molecule has 0 aliphatic rings. The quantitative estimate of drug-likeness (QED) is 0.396. The lowest BCUT2D eigenvalue weighted by molar-refractivity contribution is 0.344. The van der Waals surface area contributed by atoms with E-state index in [9.17, 15) is 14.4 Å². The number of H-pyrrole nitrogens is 2. The number of nitrogens with one attached hydrogen (secondary N) is 2. The molecule has 0 spiro atoms. The van der Waals surface area contributed by atoms with Gasteiger partial charge in [-0.25, -0.2) is 19.0 Å². The summed E-state index contributed by atoms with van der Waals surface area (Å²) in [5, 5.41) is 0. The van der Waals surface area contributed by atoms with Crippen molar-refractivity contribution in [3.05, 3.63) is 31.5 Å². The van der Waals surface area contributed by atoms with E-state index in [2.05, 4.69) is 17.1 Å². The van der Waals surface area contributed by atoms with Crippen molar-refractivity contribution in [1.82, 2.24) is 14.5 Å². The van der Waals surface area contributed by atoms with E-state index < -0.39 is 17.1 Å². The average molecular weight is 205 g/mol. The van der Waals surface area contributed by atoms with Crippen LogP contribution in [0.25, 0.3) is 0 Å². The van der Waals surface area contributed by atoms with Crippen LogP contribution in [0.15, 0.2) is 14.4 Å². The van der Waals surface area contributed by atoms with Gasteiger partial charge in [-0.15, -0.1) is 0 Å². The Morgan fingerprint density at radius 3 is 2.23 bits per heavy atom. The zero-order valence-electron chi connectivity index (χ0n) is 6.44. The zero-order valence-corrected chi connectivity index (χ0v) is 7.34. The van der Waals surface area contributed by atoms with E-state index in [1.807, 2.05) is 9.97 Å². The highest BCUT2D eigenvalue weighted by Crippen LogP contribution is 1.78. The lowest BCUT2D eigenvalue weighted by Crippen LogP contribution is -2.43. The lowest BCUT2D eigenvalue weighted by atomic mass is 10.7. The molecule has 0 aliphatic carbocycles. The summed E-state index contributed by atoms with van der Waals surface area (Å²) in [6.45, 7) is 0.132. The molecule has 13 heavy (non-hydrogen) atoms. The van der Waals surface area contributed by atoms with Gasteiger partial charge >= 0.3 is 17.1 Å². The molecule has 0 saturated heterocycles. The number of hydrogen-bond donors (Lipinski definition) is 3. The fraction of sp³-hybridized carbons (Fsp3) is 0.400. The predicted octanol–water partition coefficient (Wildman–Crippen LogP) is -1.91. The standard InChI is InChI=1S/C5H7N3O4S/c9-3-6-4(10)8(1-2-12-13)5(11)7-3/h13H,1-2H2,(H2,6,7,9,10,11). The smallest absolute Gasteiger partial charge is 0.317 e. The van der Waals surface area contributed by atoms with Crippen molar-refractivity contribution in [1.29, 1.82) is 0 Å². The summed E-state index contributed by atoms with van der Waals surface area (Å²) in [5.41, 5.74) is -2.35. The lowest BCUT2D eigenvalue weighted by Gasteiger charge is -1.99. The van der Waals surface area contributed by atoms with E-state index in [1.165, 1.54) is 0 Å². The number of aromatic nitrogens is 3. The molecule has 0 bridgehead atoms. The Bertz CT molecular complexity index is 410. The van der Waals surface area contributed by atoms with Crippen molar-refractivity contribution in [2.45, 2.75) is 6.54 Å². The third-order valence-electron chi connectivity index (χ3n) is 1.34. The van der Waals surface area contributed by atoms with Crippen LogP contribution in [-0.2, 0) is 10.7 Å². The summed E-state index contributed by atoms with van der Waals surface area (Å²) < 4.78 is 5.18. The Balaban J connectivity index is 3.15. The van der Waals surface area contributed by atoms with Gasteiger partial charge < -0.3 is 4.18 Å². The Morgan fingerprint density at radius 2 is 1.77 bits per heavy atom. The first kappa shape index (κ1) is 9.81. The SMILES string of the molecule is O=c1[nH]c(=O)n(CCOS)c(=O)[nH]1. The molecule has 0 amide bonds. The second kappa shape index (κ2) is 4.10. The summed E-state index contributed by atoms with van der Waals surface area (Å²) in [6.07, 6.45) is 0. The van der Waals surface area contributed by atoms with Crippen molar-refractivity contribution in [2.24, 2.45) is 0 Å². The molecule has 0 saturated carbocycles. The number of aromatic amines is 2.